The van der Waals surface area contributed by atoms with Crippen LogP contribution in [0, 0.1) is 0 Å². The number of fused-ring (bicyclic) bond motifs is 1. The van der Waals surface area contributed by atoms with Gasteiger partial charge < -0.3 is 24.8 Å². The number of nitrogens with one attached hydrogen (secondary N) is 2. The Labute approximate surface area is 117 Å². The van der Waals surface area contributed by atoms with Crippen LogP contribution in [0.25, 0.3) is 0 Å². The van der Waals surface area contributed by atoms with E-state index in [0.29, 0.717) is 36.9 Å². The van der Waals surface area contributed by atoms with Gasteiger partial charge in [0.15, 0.2) is 11.5 Å². The summed E-state index contributed by atoms with van der Waals surface area (Å²) in [5.41, 5.74) is 0.680. The number of hydrogen-bond acceptors (Lipinski definition) is 4. The van der Waals surface area contributed by atoms with E-state index in [2.05, 4.69) is 10.6 Å². The highest BCUT2D eigenvalue weighted by molar-refractivity contribution is 5.89. The fraction of sp³-hybridized carbons (Fsp3) is 0.500. The van der Waals surface area contributed by atoms with Crippen molar-refractivity contribution in [3.05, 3.63) is 18.2 Å². The first-order valence-corrected chi connectivity index (χ1v) is 6.87. The quantitative estimate of drug-likeness (QED) is 0.884. The van der Waals surface area contributed by atoms with Gasteiger partial charge in [0, 0.05) is 24.9 Å². The maximum atomic E-state index is 11.8. The third-order valence-corrected chi connectivity index (χ3v) is 3.31. The molecule has 2 aliphatic rings. The number of benzene rings is 1. The topological polar surface area (TPSA) is 68.8 Å². The van der Waals surface area contributed by atoms with Crippen LogP contribution >= 0.6 is 0 Å². The number of ether oxygens (including phenoxy) is 3. The molecular formula is C14H18N2O4. The maximum absolute atomic E-state index is 11.8. The summed E-state index contributed by atoms with van der Waals surface area (Å²) in [5.74, 6) is 1.37. The average molecular weight is 278 g/mol. The zero-order valence-corrected chi connectivity index (χ0v) is 11.2. The van der Waals surface area contributed by atoms with Crippen LogP contribution in [0.1, 0.15) is 12.8 Å². The third kappa shape index (κ3) is 3.14. The minimum atomic E-state index is -0.239. The Hall–Kier alpha value is -1.95. The van der Waals surface area contributed by atoms with Crippen LogP contribution < -0.4 is 20.1 Å². The van der Waals surface area contributed by atoms with Gasteiger partial charge in [-0.3, -0.25) is 0 Å². The molecule has 6 nitrogen and oxygen atoms in total. The normalized spacial score (nSPS) is 20.5. The molecule has 0 radical (unpaired) electrons. The van der Waals surface area contributed by atoms with Gasteiger partial charge in [-0.2, -0.15) is 0 Å². The second kappa shape index (κ2) is 6.00. The van der Waals surface area contributed by atoms with Gasteiger partial charge in [0.1, 0.15) is 13.2 Å². The number of urea groups is 1. The largest absolute Gasteiger partial charge is 0.486 e. The molecule has 3 rings (SSSR count). The Morgan fingerprint density at radius 3 is 2.85 bits per heavy atom. The summed E-state index contributed by atoms with van der Waals surface area (Å²) in [6, 6.07) is 5.11. The van der Waals surface area contributed by atoms with Gasteiger partial charge in [0.25, 0.3) is 0 Å². The molecule has 0 spiro atoms. The smallest absolute Gasteiger partial charge is 0.319 e. The fourth-order valence-corrected chi connectivity index (χ4v) is 2.31. The highest BCUT2D eigenvalue weighted by Gasteiger charge is 2.16. The lowest BCUT2D eigenvalue weighted by atomic mass is 10.2. The predicted octanol–water partition coefficient (Wildman–Crippen LogP) is 1.76. The molecular weight excluding hydrogens is 260 g/mol. The van der Waals surface area contributed by atoms with Crippen LogP contribution in [-0.4, -0.2) is 38.5 Å². The second-order valence-electron chi connectivity index (χ2n) is 4.83. The Kier molecular flexibility index (Phi) is 3.92. The maximum Gasteiger partial charge on any atom is 0.319 e. The summed E-state index contributed by atoms with van der Waals surface area (Å²) in [6.45, 7) is 2.41. The van der Waals surface area contributed by atoms with E-state index in [9.17, 15) is 4.79 Å². The molecule has 20 heavy (non-hydrogen) atoms. The molecule has 108 valence electrons. The Morgan fingerprint density at radius 2 is 2.05 bits per heavy atom. The summed E-state index contributed by atoms with van der Waals surface area (Å²) in [4.78, 5) is 11.8. The molecule has 0 aromatic heterocycles. The lowest BCUT2D eigenvalue weighted by Gasteiger charge is -2.19. The summed E-state index contributed by atoms with van der Waals surface area (Å²) >= 11 is 0. The van der Waals surface area contributed by atoms with Crippen molar-refractivity contribution < 1.29 is 19.0 Å². The minimum absolute atomic E-state index is 0.140. The SMILES string of the molecule is O=C(NC[C@H]1CCCO1)Nc1ccc2c(c1)OCCO2. The molecule has 2 aliphatic heterocycles. The number of carbonyl (C=O) groups excluding carboxylic acids is 1. The van der Waals surface area contributed by atoms with Crippen LogP contribution in [-0.2, 0) is 4.74 Å². The minimum Gasteiger partial charge on any atom is -0.486 e. The van der Waals surface area contributed by atoms with Gasteiger partial charge in [0.05, 0.1) is 6.10 Å². The van der Waals surface area contributed by atoms with E-state index in [1.54, 1.807) is 18.2 Å². The number of amides is 2. The molecule has 6 heteroatoms. The van der Waals surface area contributed by atoms with Gasteiger partial charge >= 0.3 is 6.03 Å². The van der Waals surface area contributed by atoms with E-state index in [1.807, 2.05) is 0 Å². The molecule has 2 amide bonds. The molecule has 1 fully saturated rings. The van der Waals surface area contributed by atoms with Crippen molar-refractivity contribution >= 4 is 11.7 Å². The molecule has 2 N–H and O–H groups in total. The van der Waals surface area contributed by atoms with Crippen molar-refractivity contribution in [2.75, 3.05) is 31.7 Å². The van der Waals surface area contributed by atoms with Crippen molar-refractivity contribution in [2.24, 2.45) is 0 Å². The van der Waals surface area contributed by atoms with E-state index in [1.165, 1.54) is 0 Å². The first-order chi connectivity index (χ1) is 9.81. The van der Waals surface area contributed by atoms with Gasteiger partial charge in [-0.25, -0.2) is 4.79 Å². The fourth-order valence-electron chi connectivity index (χ4n) is 2.31. The molecule has 0 aliphatic carbocycles. The van der Waals surface area contributed by atoms with Crippen LogP contribution in [0.15, 0.2) is 18.2 Å². The van der Waals surface area contributed by atoms with Crippen molar-refractivity contribution in [3.8, 4) is 11.5 Å². The second-order valence-corrected chi connectivity index (χ2v) is 4.83. The Balaban J connectivity index is 1.52. The van der Waals surface area contributed by atoms with Crippen molar-refractivity contribution in [1.29, 1.82) is 0 Å². The average Bonchev–Trinajstić information content (AvgIpc) is 2.98. The van der Waals surface area contributed by atoms with Gasteiger partial charge in [0.2, 0.25) is 0 Å². The zero-order valence-electron chi connectivity index (χ0n) is 11.2. The molecule has 1 atom stereocenters. The van der Waals surface area contributed by atoms with Gasteiger partial charge in [-0.1, -0.05) is 0 Å². The monoisotopic (exact) mass is 278 g/mol. The standard InChI is InChI=1S/C14H18N2O4/c17-14(15-9-11-2-1-5-18-11)16-10-3-4-12-13(8-10)20-7-6-19-12/h3-4,8,11H,1-2,5-7,9H2,(H2,15,16,17)/t11-/m1/s1. The summed E-state index contributed by atoms with van der Waals surface area (Å²) in [5, 5.41) is 5.58. The first kappa shape index (κ1) is 13.1. The van der Waals surface area contributed by atoms with Crippen molar-refractivity contribution in [2.45, 2.75) is 18.9 Å². The van der Waals surface area contributed by atoms with Gasteiger partial charge in [-0.15, -0.1) is 0 Å². The van der Waals surface area contributed by atoms with Crippen LogP contribution in [0.5, 0.6) is 11.5 Å². The zero-order chi connectivity index (χ0) is 13.8. The molecule has 1 saturated heterocycles. The molecule has 0 saturated carbocycles. The third-order valence-electron chi connectivity index (χ3n) is 3.31. The Morgan fingerprint density at radius 1 is 1.20 bits per heavy atom. The van der Waals surface area contributed by atoms with Crippen LogP contribution in [0.4, 0.5) is 10.5 Å². The van der Waals surface area contributed by atoms with Crippen LogP contribution in [0.2, 0.25) is 0 Å². The number of carbonyl (C=O) groups is 1. The summed E-state index contributed by atoms with van der Waals surface area (Å²) in [6.07, 6.45) is 2.21. The first-order valence-electron chi connectivity index (χ1n) is 6.87. The number of rotatable bonds is 3. The number of anilines is 1. The molecule has 1 aromatic carbocycles. The molecule has 0 bridgehead atoms. The van der Waals surface area contributed by atoms with E-state index in [0.717, 1.165) is 19.4 Å². The highest BCUT2D eigenvalue weighted by atomic mass is 16.6. The molecule has 0 unspecified atom stereocenters. The predicted molar refractivity (Wildman–Crippen MR) is 73.4 cm³/mol. The van der Waals surface area contributed by atoms with Crippen molar-refractivity contribution in [1.82, 2.24) is 5.32 Å². The summed E-state index contributed by atoms with van der Waals surface area (Å²) in [7, 11) is 0. The van der Waals surface area contributed by atoms with E-state index >= 15 is 0 Å². The lowest BCUT2D eigenvalue weighted by Crippen LogP contribution is -2.35. The van der Waals surface area contributed by atoms with Crippen LogP contribution in [0.3, 0.4) is 0 Å². The lowest BCUT2D eigenvalue weighted by molar-refractivity contribution is 0.112. The molecule has 2 heterocycles. The van der Waals surface area contributed by atoms with Gasteiger partial charge in [-0.05, 0) is 25.0 Å². The molecule has 1 aromatic rings. The van der Waals surface area contributed by atoms with Crippen molar-refractivity contribution in [3.63, 3.8) is 0 Å². The van der Waals surface area contributed by atoms with E-state index in [4.69, 9.17) is 14.2 Å². The van der Waals surface area contributed by atoms with E-state index < -0.39 is 0 Å². The Bertz CT molecular complexity index is 486. The number of hydrogen-bond donors (Lipinski definition) is 2. The highest BCUT2D eigenvalue weighted by Crippen LogP contribution is 2.32. The summed E-state index contributed by atoms with van der Waals surface area (Å²) < 4.78 is 16.3. The van der Waals surface area contributed by atoms with E-state index in [-0.39, 0.29) is 12.1 Å².